The molecular formula is C11H11Br2N. The van der Waals surface area contributed by atoms with Gasteiger partial charge in [0.15, 0.2) is 0 Å². The number of hydrogen-bond acceptors (Lipinski definition) is 1. The van der Waals surface area contributed by atoms with E-state index in [-0.39, 0.29) is 17.0 Å². The molecular weight excluding hydrogens is 306 g/mol. The zero-order valence-electron chi connectivity index (χ0n) is 7.83. The van der Waals surface area contributed by atoms with Gasteiger partial charge in [0.25, 0.3) is 0 Å². The fourth-order valence-corrected chi connectivity index (χ4v) is 1.71. The highest BCUT2D eigenvalue weighted by Crippen LogP contribution is 2.16. The van der Waals surface area contributed by atoms with Crippen LogP contribution in [0.1, 0.15) is 11.3 Å². The third kappa shape index (κ3) is 2.34. The van der Waals surface area contributed by atoms with Gasteiger partial charge in [0.1, 0.15) is 0 Å². The lowest BCUT2D eigenvalue weighted by Gasteiger charge is -2.00. The highest BCUT2D eigenvalue weighted by Gasteiger charge is 1.96. The third-order valence-electron chi connectivity index (χ3n) is 2.05. The van der Waals surface area contributed by atoms with E-state index in [4.69, 9.17) is 0 Å². The summed E-state index contributed by atoms with van der Waals surface area (Å²) in [4.78, 5) is 4.44. The normalized spacial score (nSPS) is 9.86. The summed E-state index contributed by atoms with van der Waals surface area (Å²) in [5.74, 6) is 0. The van der Waals surface area contributed by atoms with Crippen LogP contribution in [0.15, 0.2) is 30.3 Å². The van der Waals surface area contributed by atoms with Crippen molar-refractivity contribution in [2.75, 3.05) is 0 Å². The largest absolute Gasteiger partial charge is 0.253 e. The molecule has 0 aliphatic heterocycles. The Morgan fingerprint density at radius 3 is 2.71 bits per heavy atom. The average molecular weight is 317 g/mol. The number of halogens is 2. The predicted molar refractivity (Wildman–Crippen MR) is 69.4 cm³/mol. The van der Waals surface area contributed by atoms with Crippen molar-refractivity contribution in [2.24, 2.45) is 0 Å². The van der Waals surface area contributed by atoms with E-state index >= 15 is 0 Å². The maximum absolute atomic E-state index is 4.44. The van der Waals surface area contributed by atoms with Gasteiger partial charge in [-0.2, -0.15) is 0 Å². The molecule has 0 radical (unpaired) electrons. The predicted octanol–water partition coefficient (Wildman–Crippen LogP) is 4.02. The first-order valence-electron chi connectivity index (χ1n) is 4.22. The van der Waals surface area contributed by atoms with Crippen LogP contribution in [0.3, 0.4) is 0 Å². The molecule has 0 N–H and O–H groups in total. The van der Waals surface area contributed by atoms with Crippen LogP contribution in [0.5, 0.6) is 0 Å². The maximum atomic E-state index is 4.44. The number of rotatable bonds is 1. The Bertz CT molecular complexity index is 440. The van der Waals surface area contributed by atoms with Gasteiger partial charge in [-0.25, -0.2) is 0 Å². The summed E-state index contributed by atoms with van der Waals surface area (Å²) in [6.07, 6.45) is 0. The molecule has 0 bridgehead atoms. The lowest BCUT2D eigenvalue weighted by atomic mass is 10.1. The first kappa shape index (κ1) is 11.7. The second kappa shape index (κ2) is 4.89. The van der Waals surface area contributed by atoms with Gasteiger partial charge in [0.2, 0.25) is 0 Å². The molecule has 1 nitrogen and oxygen atoms in total. The van der Waals surface area contributed by atoms with Gasteiger partial charge in [0, 0.05) is 16.4 Å². The Kier molecular flexibility index (Phi) is 4.08. The van der Waals surface area contributed by atoms with Gasteiger partial charge in [0.05, 0.1) is 5.52 Å². The Hall–Kier alpha value is -0.410. The van der Waals surface area contributed by atoms with E-state index in [9.17, 15) is 0 Å². The van der Waals surface area contributed by atoms with E-state index < -0.39 is 0 Å². The molecule has 0 aliphatic rings. The molecule has 1 heterocycles. The molecule has 0 unspecified atom stereocenters. The quantitative estimate of drug-likeness (QED) is 0.724. The fourth-order valence-electron chi connectivity index (χ4n) is 1.36. The minimum absolute atomic E-state index is 0. The Morgan fingerprint density at radius 2 is 2.00 bits per heavy atom. The molecule has 1 aromatic heterocycles. The van der Waals surface area contributed by atoms with Gasteiger partial charge in [-0.3, -0.25) is 4.98 Å². The number of aryl methyl sites for hydroxylation is 1. The summed E-state index contributed by atoms with van der Waals surface area (Å²) >= 11 is 3.44. The zero-order chi connectivity index (χ0) is 9.26. The van der Waals surface area contributed by atoms with Crippen LogP contribution < -0.4 is 0 Å². The molecule has 0 saturated carbocycles. The molecule has 1 aromatic carbocycles. The monoisotopic (exact) mass is 315 g/mol. The first-order chi connectivity index (χ1) is 6.29. The smallest absolute Gasteiger partial charge is 0.0705 e. The molecule has 0 amide bonds. The minimum atomic E-state index is 0. The van der Waals surface area contributed by atoms with Crippen molar-refractivity contribution in [3.8, 4) is 0 Å². The van der Waals surface area contributed by atoms with E-state index in [1.807, 2.05) is 13.0 Å². The van der Waals surface area contributed by atoms with Crippen molar-refractivity contribution >= 4 is 43.8 Å². The lowest BCUT2D eigenvalue weighted by Crippen LogP contribution is -1.84. The van der Waals surface area contributed by atoms with Gasteiger partial charge in [-0.05, 0) is 30.7 Å². The molecule has 3 heteroatoms. The second-order valence-corrected chi connectivity index (χ2v) is 3.67. The van der Waals surface area contributed by atoms with Crippen LogP contribution in [0, 0.1) is 6.92 Å². The van der Waals surface area contributed by atoms with E-state index in [1.165, 1.54) is 10.9 Å². The number of hydrogen-bond donors (Lipinski definition) is 0. The summed E-state index contributed by atoms with van der Waals surface area (Å²) in [7, 11) is 0. The fraction of sp³-hybridized carbons (Fsp3) is 0.182. The van der Waals surface area contributed by atoms with Crippen molar-refractivity contribution in [2.45, 2.75) is 12.3 Å². The second-order valence-electron chi connectivity index (χ2n) is 3.11. The molecule has 14 heavy (non-hydrogen) atoms. The van der Waals surface area contributed by atoms with Crippen molar-refractivity contribution < 1.29 is 0 Å². The first-order valence-corrected chi connectivity index (χ1v) is 5.34. The summed E-state index contributed by atoms with van der Waals surface area (Å²) in [5.41, 5.74) is 3.43. The topological polar surface area (TPSA) is 12.9 Å². The van der Waals surface area contributed by atoms with Gasteiger partial charge < -0.3 is 0 Å². The highest BCUT2D eigenvalue weighted by molar-refractivity contribution is 9.08. The van der Waals surface area contributed by atoms with Crippen LogP contribution in [0.4, 0.5) is 0 Å². The molecule has 0 spiro atoms. The number of aromatic nitrogens is 1. The molecule has 0 atom stereocenters. The van der Waals surface area contributed by atoms with Gasteiger partial charge in [-0.1, -0.05) is 28.1 Å². The van der Waals surface area contributed by atoms with Crippen molar-refractivity contribution in [1.82, 2.24) is 4.98 Å². The highest BCUT2D eigenvalue weighted by atomic mass is 79.9. The standard InChI is InChI=1S/C11H10BrN.BrH/c1-8-2-4-10-6-9(7-12)3-5-11(10)13-8;/h2-6H,7H2,1H3;1H. The average Bonchev–Trinajstić information content (AvgIpc) is 2.17. The van der Waals surface area contributed by atoms with Crippen molar-refractivity contribution in [3.05, 3.63) is 41.6 Å². The SMILES string of the molecule is Br.Cc1ccc2cc(CBr)ccc2n1. The lowest BCUT2D eigenvalue weighted by molar-refractivity contribution is 1.25. The van der Waals surface area contributed by atoms with Crippen LogP contribution in [0.2, 0.25) is 0 Å². The zero-order valence-corrected chi connectivity index (χ0v) is 11.1. The molecule has 74 valence electrons. The Morgan fingerprint density at radius 1 is 1.21 bits per heavy atom. The third-order valence-corrected chi connectivity index (χ3v) is 2.69. The van der Waals surface area contributed by atoms with E-state index in [2.05, 4.69) is 45.2 Å². The number of fused-ring (bicyclic) bond motifs is 1. The van der Waals surface area contributed by atoms with E-state index in [0.717, 1.165) is 16.5 Å². The van der Waals surface area contributed by atoms with Crippen LogP contribution >= 0.6 is 32.9 Å². The molecule has 2 aromatic rings. The maximum Gasteiger partial charge on any atom is 0.0705 e. The minimum Gasteiger partial charge on any atom is -0.253 e. The Balaban J connectivity index is 0.000000980. The molecule has 2 rings (SSSR count). The van der Waals surface area contributed by atoms with Gasteiger partial charge in [-0.15, -0.1) is 17.0 Å². The molecule has 0 fully saturated rings. The summed E-state index contributed by atoms with van der Waals surface area (Å²) in [5, 5.41) is 2.11. The number of nitrogens with zero attached hydrogens (tertiary/aromatic N) is 1. The van der Waals surface area contributed by atoms with E-state index in [1.54, 1.807) is 0 Å². The summed E-state index contributed by atoms with van der Waals surface area (Å²) < 4.78 is 0. The summed E-state index contributed by atoms with van der Waals surface area (Å²) in [6.45, 7) is 2.01. The van der Waals surface area contributed by atoms with Crippen LogP contribution in [-0.4, -0.2) is 4.98 Å². The Labute approximate surface area is 102 Å². The van der Waals surface area contributed by atoms with Crippen molar-refractivity contribution in [3.63, 3.8) is 0 Å². The number of benzene rings is 1. The summed E-state index contributed by atoms with van der Waals surface area (Å²) in [6, 6.07) is 10.5. The molecule has 0 saturated heterocycles. The molecule has 0 aliphatic carbocycles. The van der Waals surface area contributed by atoms with Crippen LogP contribution in [-0.2, 0) is 5.33 Å². The van der Waals surface area contributed by atoms with E-state index in [0.29, 0.717) is 0 Å². The van der Waals surface area contributed by atoms with Crippen molar-refractivity contribution in [1.29, 1.82) is 0 Å². The number of pyridine rings is 1. The van der Waals surface area contributed by atoms with Crippen LogP contribution in [0.25, 0.3) is 10.9 Å². The number of alkyl halides is 1. The van der Waals surface area contributed by atoms with Gasteiger partial charge >= 0.3 is 0 Å².